The fourth-order valence-electron chi connectivity index (χ4n) is 0.408. The standard InChI is InChI=1S/C6H9OSSi/c1-2-3-4-5(9)6(7)8/h2,5H,1,3-4H2,(H,7,8). The molecule has 0 fully saturated rings. The topological polar surface area (TPSA) is 17.1 Å². The molecule has 0 aromatic carbocycles. The molecule has 0 amide bonds. The Kier molecular flexibility index (Phi) is 4.81. The molecular formula is C6H9OSSi. The lowest BCUT2D eigenvalue weighted by Crippen LogP contribution is -2.00. The molecule has 3 radical (unpaired) electrons. The smallest absolute Gasteiger partial charge is 0.185 e. The van der Waals surface area contributed by atoms with Crippen LogP contribution in [-0.4, -0.2) is 15.4 Å². The number of hydrogen-bond donors (Lipinski definition) is 1. The van der Waals surface area contributed by atoms with E-state index in [1.54, 1.807) is 6.08 Å². The van der Waals surface area contributed by atoms with Crippen LogP contribution in [0.3, 0.4) is 0 Å². The SMILES string of the molecule is C=CCCC([Si])C(=O)S. The van der Waals surface area contributed by atoms with E-state index in [0.29, 0.717) is 0 Å². The second-order valence-electron chi connectivity index (χ2n) is 1.76. The van der Waals surface area contributed by atoms with Gasteiger partial charge in [-0.2, -0.15) is 0 Å². The molecule has 0 bridgehead atoms. The Bertz CT molecular complexity index is 114. The lowest BCUT2D eigenvalue weighted by atomic mass is 10.2. The Balaban J connectivity index is 3.37. The van der Waals surface area contributed by atoms with E-state index < -0.39 is 0 Å². The van der Waals surface area contributed by atoms with Crippen LogP contribution in [-0.2, 0) is 4.79 Å². The number of hydrogen-bond acceptors (Lipinski definition) is 1. The molecule has 0 saturated heterocycles. The Morgan fingerprint density at radius 2 is 2.44 bits per heavy atom. The van der Waals surface area contributed by atoms with Crippen molar-refractivity contribution in [1.82, 2.24) is 0 Å². The van der Waals surface area contributed by atoms with Gasteiger partial charge >= 0.3 is 0 Å². The quantitative estimate of drug-likeness (QED) is 0.370. The molecule has 0 spiro atoms. The van der Waals surface area contributed by atoms with Crippen LogP contribution in [0.25, 0.3) is 0 Å². The van der Waals surface area contributed by atoms with Crippen LogP contribution in [0.1, 0.15) is 12.8 Å². The maximum absolute atomic E-state index is 10.4. The molecule has 1 nitrogen and oxygen atoms in total. The van der Waals surface area contributed by atoms with E-state index in [4.69, 9.17) is 0 Å². The van der Waals surface area contributed by atoms with Gasteiger partial charge in [0.05, 0.1) is 0 Å². The molecule has 0 aliphatic carbocycles. The van der Waals surface area contributed by atoms with Crippen LogP contribution < -0.4 is 0 Å². The van der Waals surface area contributed by atoms with Crippen LogP contribution in [0, 0.1) is 0 Å². The van der Waals surface area contributed by atoms with E-state index in [2.05, 4.69) is 29.5 Å². The van der Waals surface area contributed by atoms with Gasteiger partial charge in [0.2, 0.25) is 0 Å². The summed E-state index contributed by atoms with van der Waals surface area (Å²) in [6.07, 6.45) is 3.41. The Labute approximate surface area is 64.4 Å². The van der Waals surface area contributed by atoms with Gasteiger partial charge in [0.1, 0.15) is 0 Å². The van der Waals surface area contributed by atoms with Gasteiger partial charge in [-0.3, -0.25) is 4.79 Å². The first kappa shape index (κ1) is 8.98. The zero-order valence-corrected chi connectivity index (χ0v) is 7.03. The fourth-order valence-corrected chi connectivity index (χ4v) is 0.704. The highest BCUT2D eigenvalue weighted by atomic mass is 32.1. The maximum Gasteiger partial charge on any atom is 0.185 e. The number of carbonyl (C=O) groups excluding carboxylic acids is 1. The molecular weight excluding hydrogens is 148 g/mol. The summed E-state index contributed by atoms with van der Waals surface area (Å²) in [4.78, 5) is 10.4. The second kappa shape index (κ2) is 4.82. The van der Waals surface area contributed by atoms with E-state index in [1.807, 2.05) is 0 Å². The van der Waals surface area contributed by atoms with E-state index in [0.717, 1.165) is 12.8 Å². The average Bonchev–Trinajstić information content (AvgIpc) is 1.82. The minimum Gasteiger partial charge on any atom is -0.288 e. The Morgan fingerprint density at radius 1 is 1.89 bits per heavy atom. The first-order valence-corrected chi connectivity index (χ1v) is 3.75. The summed E-state index contributed by atoms with van der Waals surface area (Å²) in [5, 5.41) is -0.117. The average molecular weight is 157 g/mol. The highest BCUT2D eigenvalue weighted by molar-refractivity contribution is 7.96. The van der Waals surface area contributed by atoms with Gasteiger partial charge in [0.15, 0.2) is 5.12 Å². The molecule has 0 aliphatic heterocycles. The third-order valence-corrected chi connectivity index (χ3v) is 2.06. The summed E-state index contributed by atoms with van der Waals surface area (Å²) in [7, 11) is 3.22. The Hall–Kier alpha value is -0.0231. The highest BCUT2D eigenvalue weighted by Crippen LogP contribution is 2.11. The van der Waals surface area contributed by atoms with Crippen molar-refractivity contribution in [3.05, 3.63) is 12.7 Å². The van der Waals surface area contributed by atoms with Crippen LogP contribution >= 0.6 is 12.6 Å². The molecule has 3 heteroatoms. The molecule has 0 N–H and O–H groups in total. The second-order valence-corrected chi connectivity index (χ2v) is 2.89. The van der Waals surface area contributed by atoms with Crippen LogP contribution in [0.5, 0.6) is 0 Å². The molecule has 9 heavy (non-hydrogen) atoms. The first-order valence-electron chi connectivity index (χ1n) is 2.73. The molecule has 49 valence electrons. The zero-order valence-electron chi connectivity index (χ0n) is 5.13. The van der Waals surface area contributed by atoms with E-state index in [9.17, 15) is 4.79 Å². The lowest BCUT2D eigenvalue weighted by molar-refractivity contribution is -0.110. The molecule has 0 aromatic heterocycles. The number of allylic oxidation sites excluding steroid dienone is 1. The first-order chi connectivity index (χ1) is 4.18. The van der Waals surface area contributed by atoms with Crippen molar-refractivity contribution in [3.63, 3.8) is 0 Å². The monoisotopic (exact) mass is 157 g/mol. The van der Waals surface area contributed by atoms with Gasteiger partial charge in [-0.15, -0.1) is 19.2 Å². The van der Waals surface area contributed by atoms with Gasteiger partial charge in [0.25, 0.3) is 0 Å². The summed E-state index contributed by atoms with van der Waals surface area (Å²) in [6.45, 7) is 3.53. The van der Waals surface area contributed by atoms with Gasteiger partial charge in [0, 0.05) is 15.8 Å². The molecule has 0 heterocycles. The van der Waals surface area contributed by atoms with Crippen LogP contribution in [0.15, 0.2) is 12.7 Å². The lowest BCUT2D eigenvalue weighted by Gasteiger charge is -2.01. The van der Waals surface area contributed by atoms with E-state index in [1.165, 1.54) is 0 Å². The minimum atomic E-state index is -0.119. The Morgan fingerprint density at radius 3 is 2.78 bits per heavy atom. The third-order valence-electron chi connectivity index (χ3n) is 0.958. The normalized spacial score (nSPS) is 12.7. The summed E-state index contributed by atoms with van der Waals surface area (Å²) in [6, 6.07) is 0. The van der Waals surface area contributed by atoms with Crippen molar-refractivity contribution >= 4 is 28.0 Å². The minimum absolute atomic E-state index is 0.117. The number of rotatable bonds is 4. The van der Waals surface area contributed by atoms with Crippen LogP contribution in [0.2, 0.25) is 5.54 Å². The zero-order chi connectivity index (χ0) is 7.28. The molecule has 0 aromatic rings. The third kappa shape index (κ3) is 4.48. The maximum atomic E-state index is 10.4. The molecule has 1 unspecified atom stereocenters. The van der Waals surface area contributed by atoms with Gasteiger partial charge < -0.3 is 0 Å². The van der Waals surface area contributed by atoms with Crippen molar-refractivity contribution < 1.29 is 4.79 Å². The van der Waals surface area contributed by atoms with E-state index in [-0.39, 0.29) is 10.7 Å². The van der Waals surface area contributed by atoms with Gasteiger partial charge in [-0.1, -0.05) is 6.08 Å². The number of carbonyl (C=O) groups is 1. The highest BCUT2D eigenvalue weighted by Gasteiger charge is 2.05. The van der Waals surface area contributed by atoms with Gasteiger partial charge in [-0.25, -0.2) is 0 Å². The number of thiol groups is 1. The van der Waals surface area contributed by atoms with Crippen molar-refractivity contribution in [2.24, 2.45) is 0 Å². The molecule has 0 saturated carbocycles. The van der Waals surface area contributed by atoms with Crippen molar-refractivity contribution in [1.29, 1.82) is 0 Å². The summed E-state index contributed by atoms with van der Waals surface area (Å²) >= 11 is 3.64. The molecule has 0 aliphatic rings. The predicted molar refractivity (Wildman–Crippen MR) is 42.9 cm³/mol. The predicted octanol–water partition coefficient (Wildman–Crippen LogP) is 1.37. The summed E-state index contributed by atoms with van der Waals surface area (Å²) in [5.74, 6) is 0. The fraction of sp³-hybridized carbons (Fsp3) is 0.500. The summed E-state index contributed by atoms with van der Waals surface area (Å²) < 4.78 is 0. The molecule has 0 rings (SSSR count). The van der Waals surface area contributed by atoms with E-state index >= 15 is 0 Å². The van der Waals surface area contributed by atoms with Crippen molar-refractivity contribution in [3.8, 4) is 0 Å². The molecule has 1 atom stereocenters. The summed E-state index contributed by atoms with van der Waals surface area (Å²) in [5.41, 5.74) is -0.119. The van der Waals surface area contributed by atoms with Crippen LogP contribution in [0.4, 0.5) is 0 Å². The largest absolute Gasteiger partial charge is 0.288 e. The van der Waals surface area contributed by atoms with Crippen molar-refractivity contribution in [2.75, 3.05) is 0 Å². The van der Waals surface area contributed by atoms with Crippen molar-refractivity contribution in [2.45, 2.75) is 18.4 Å². The van der Waals surface area contributed by atoms with Gasteiger partial charge in [-0.05, 0) is 12.8 Å².